The number of amides is 1. The summed E-state index contributed by atoms with van der Waals surface area (Å²) in [5.74, 6) is -0.0277. The summed E-state index contributed by atoms with van der Waals surface area (Å²) in [6.45, 7) is 0.801. The molecule has 0 saturated heterocycles. The van der Waals surface area contributed by atoms with E-state index in [1.165, 1.54) is 11.9 Å². The molecule has 6 nitrogen and oxygen atoms in total. The van der Waals surface area contributed by atoms with Gasteiger partial charge in [0.25, 0.3) is 0 Å². The van der Waals surface area contributed by atoms with Gasteiger partial charge < -0.3 is 9.47 Å². The van der Waals surface area contributed by atoms with Crippen LogP contribution in [0.3, 0.4) is 0 Å². The molecular formula is C15H11Cl2N5O. The van der Waals surface area contributed by atoms with E-state index in [-0.39, 0.29) is 22.9 Å². The summed E-state index contributed by atoms with van der Waals surface area (Å²) in [6, 6.07) is 7.92. The molecule has 0 spiro atoms. The molecule has 0 unspecified atom stereocenters. The van der Waals surface area contributed by atoms with Gasteiger partial charge in [0.15, 0.2) is 10.8 Å². The van der Waals surface area contributed by atoms with Crippen molar-refractivity contribution in [2.24, 2.45) is 0 Å². The van der Waals surface area contributed by atoms with E-state index < -0.39 is 0 Å². The second-order valence-electron chi connectivity index (χ2n) is 5.25. The van der Waals surface area contributed by atoms with Crippen LogP contribution in [0.5, 0.6) is 0 Å². The highest BCUT2D eigenvalue weighted by molar-refractivity contribution is 6.35. The minimum Gasteiger partial charge on any atom is -0.310 e. The van der Waals surface area contributed by atoms with Gasteiger partial charge in [-0.3, -0.25) is 4.79 Å². The Bertz CT molecular complexity index is 923. The molecule has 0 N–H and O–H groups in total. The van der Waals surface area contributed by atoms with Gasteiger partial charge in [0.1, 0.15) is 12.1 Å². The Hall–Kier alpha value is -2.18. The number of nitrogens with zero attached hydrogens (tertiary/aromatic N) is 5. The van der Waals surface area contributed by atoms with Gasteiger partial charge in [-0.15, -0.1) is 0 Å². The van der Waals surface area contributed by atoms with E-state index in [1.54, 1.807) is 9.47 Å². The first-order chi connectivity index (χ1) is 11.1. The van der Waals surface area contributed by atoms with E-state index in [2.05, 4.69) is 15.0 Å². The number of fused-ring (bicyclic) bond motifs is 2. The molecule has 116 valence electrons. The number of hydrogen-bond acceptors (Lipinski definition) is 4. The van der Waals surface area contributed by atoms with Crippen LogP contribution < -0.4 is 4.90 Å². The van der Waals surface area contributed by atoms with E-state index in [0.717, 1.165) is 12.1 Å². The number of para-hydroxylation sites is 1. The lowest BCUT2D eigenvalue weighted by atomic mass is 10.2. The summed E-state index contributed by atoms with van der Waals surface area (Å²) in [4.78, 5) is 26.6. The summed E-state index contributed by atoms with van der Waals surface area (Å²) < 4.78 is 1.64. The number of anilines is 1. The third-order valence-electron chi connectivity index (χ3n) is 3.89. The highest BCUT2D eigenvalue weighted by Crippen LogP contribution is 2.28. The van der Waals surface area contributed by atoms with Crippen LogP contribution in [-0.2, 0) is 17.8 Å². The predicted octanol–water partition coefficient (Wildman–Crippen LogP) is 2.72. The lowest BCUT2D eigenvalue weighted by Gasteiger charge is -2.17. The average Bonchev–Trinajstić information content (AvgIpc) is 3.12. The van der Waals surface area contributed by atoms with Gasteiger partial charge in [0.05, 0.1) is 6.33 Å². The van der Waals surface area contributed by atoms with Crippen LogP contribution in [-0.4, -0.2) is 32.0 Å². The van der Waals surface area contributed by atoms with Crippen molar-refractivity contribution in [1.29, 1.82) is 0 Å². The van der Waals surface area contributed by atoms with Gasteiger partial charge in [-0.2, -0.15) is 4.98 Å². The molecule has 0 aliphatic carbocycles. The summed E-state index contributed by atoms with van der Waals surface area (Å²) in [5.41, 5.74) is 3.04. The molecule has 0 bridgehead atoms. The highest BCUT2D eigenvalue weighted by Gasteiger charge is 2.25. The molecule has 8 heteroatoms. The zero-order chi connectivity index (χ0) is 16.0. The van der Waals surface area contributed by atoms with E-state index in [9.17, 15) is 4.79 Å². The van der Waals surface area contributed by atoms with Gasteiger partial charge in [-0.05, 0) is 29.7 Å². The topological polar surface area (TPSA) is 63.9 Å². The first kappa shape index (κ1) is 14.4. The number of imidazole rings is 1. The molecule has 23 heavy (non-hydrogen) atoms. The van der Waals surface area contributed by atoms with Crippen molar-refractivity contribution in [2.75, 3.05) is 11.4 Å². The fraction of sp³-hybridized carbons (Fsp3) is 0.200. The average molecular weight is 348 g/mol. The van der Waals surface area contributed by atoms with Gasteiger partial charge >= 0.3 is 0 Å². The molecule has 1 aliphatic heterocycles. The fourth-order valence-electron chi connectivity index (χ4n) is 2.83. The van der Waals surface area contributed by atoms with Crippen molar-refractivity contribution in [3.8, 4) is 0 Å². The third-order valence-corrected chi connectivity index (χ3v) is 4.32. The first-order valence-corrected chi connectivity index (χ1v) is 7.81. The maximum atomic E-state index is 12.7. The molecule has 0 atom stereocenters. The van der Waals surface area contributed by atoms with E-state index in [4.69, 9.17) is 23.2 Å². The van der Waals surface area contributed by atoms with Crippen molar-refractivity contribution >= 4 is 46.0 Å². The summed E-state index contributed by atoms with van der Waals surface area (Å²) >= 11 is 11.8. The Morgan fingerprint density at radius 3 is 2.91 bits per heavy atom. The molecule has 4 rings (SSSR count). The first-order valence-electron chi connectivity index (χ1n) is 7.05. The van der Waals surface area contributed by atoms with Crippen LogP contribution >= 0.6 is 23.2 Å². The fourth-order valence-corrected chi connectivity index (χ4v) is 3.25. The van der Waals surface area contributed by atoms with Gasteiger partial charge in [0.2, 0.25) is 11.2 Å². The van der Waals surface area contributed by atoms with E-state index in [1.807, 2.05) is 24.3 Å². The van der Waals surface area contributed by atoms with Crippen molar-refractivity contribution in [1.82, 2.24) is 19.5 Å². The molecule has 0 saturated carbocycles. The maximum absolute atomic E-state index is 12.7. The molecule has 3 heterocycles. The maximum Gasteiger partial charge on any atom is 0.247 e. The molecule has 3 aromatic rings. The standard InChI is InChI=1S/C15H11Cl2N5O/c16-13-12-14(20-15(17)19-13)21(8-18-12)7-11(23)22-6-5-9-3-1-2-4-10(9)22/h1-4,8H,5-7H2. The molecule has 2 aromatic heterocycles. The second kappa shape index (κ2) is 5.47. The van der Waals surface area contributed by atoms with Crippen LogP contribution in [0.2, 0.25) is 10.4 Å². The lowest BCUT2D eigenvalue weighted by molar-refractivity contribution is -0.119. The minimum absolute atomic E-state index is 0.0277. The summed E-state index contributed by atoms with van der Waals surface area (Å²) in [5, 5.41) is 0.209. The van der Waals surface area contributed by atoms with E-state index in [0.29, 0.717) is 17.7 Å². The van der Waals surface area contributed by atoms with Crippen LogP contribution in [0.4, 0.5) is 5.69 Å². The molecule has 1 aliphatic rings. The molecule has 1 aromatic carbocycles. The quantitative estimate of drug-likeness (QED) is 0.528. The number of halogens is 2. The smallest absolute Gasteiger partial charge is 0.247 e. The number of aromatic nitrogens is 4. The molecule has 1 amide bonds. The van der Waals surface area contributed by atoms with Crippen molar-refractivity contribution < 1.29 is 4.79 Å². The van der Waals surface area contributed by atoms with Gasteiger partial charge in [0, 0.05) is 12.2 Å². The van der Waals surface area contributed by atoms with Crippen molar-refractivity contribution in [3.05, 3.63) is 46.6 Å². The van der Waals surface area contributed by atoms with Crippen molar-refractivity contribution in [2.45, 2.75) is 13.0 Å². The minimum atomic E-state index is -0.0277. The van der Waals surface area contributed by atoms with Crippen molar-refractivity contribution in [3.63, 3.8) is 0 Å². The monoisotopic (exact) mass is 347 g/mol. The zero-order valence-corrected chi connectivity index (χ0v) is 13.4. The molecular weight excluding hydrogens is 337 g/mol. The second-order valence-corrected chi connectivity index (χ2v) is 5.95. The molecule has 0 fully saturated rings. The summed E-state index contributed by atoms with van der Waals surface area (Å²) in [7, 11) is 0. The Balaban J connectivity index is 1.65. The summed E-state index contributed by atoms with van der Waals surface area (Å²) in [6.07, 6.45) is 2.40. The number of carbonyl (C=O) groups excluding carboxylic acids is 1. The van der Waals surface area contributed by atoms with Crippen LogP contribution in [0.15, 0.2) is 30.6 Å². The number of carbonyl (C=O) groups is 1. The van der Waals surface area contributed by atoms with Gasteiger partial charge in [-0.25, -0.2) is 9.97 Å². The Morgan fingerprint density at radius 1 is 1.22 bits per heavy atom. The molecule has 0 radical (unpaired) electrons. The largest absolute Gasteiger partial charge is 0.310 e. The van der Waals surface area contributed by atoms with E-state index >= 15 is 0 Å². The van der Waals surface area contributed by atoms with Crippen LogP contribution in [0.1, 0.15) is 5.56 Å². The third kappa shape index (κ3) is 2.44. The Labute approximate surface area is 141 Å². The SMILES string of the molecule is O=C(Cn1cnc2c(Cl)nc(Cl)nc21)N1CCc2ccccc21. The highest BCUT2D eigenvalue weighted by atomic mass is 35.5. The number of rotatable bonds is 2. The Kier molecular flexibility index (Phi) is 3.43. The lowest BCUT2D eigenvalue weighted by Crippen LogP contribution is -2.32. The predicted molar refractivity (Wildman–Crippen MR) is 87.8 cm³/mol. The zero-order valence-electron chi connectivity index (χ0n) is 11.9. The van der Waals surface area contributed by atoms with Crippen LogP contribution in [0.25, 0.3) is 11.2 Å². The van der Waals surface area contributed by atoms with Crippen LogP contribution in [0, 0.1) is 0 Å². The number of benzene rings is 1. The van der Waals surface area contributed by atoms with Gasteiger partial charge in [-0.1, -0.05) is 29.8 Å². The normalized spacial score (nSPS) is 13.6. The number of hydrogen-bond donors (Lipinski definition) is 0. The Morgan fingerprint density at radius 2 is 2.04 bits per heavy atom.